The molecule has 3 aromatic rings. The first-order valence-corrected chi connectivity index (χ1v) is 14.0. The molecule has 10 nitrogen and oxygen atoms in total. The summed E-state index contributed by atoms with van der Waals surface area (Å²) in [6.07, 6.45) is -5.19. The minimum Gasteiger partial charge on any atom is -0.374 e. The number of pyridine rings is 1. The second kappa shape index (κ2) is 10.1. The van der Waals surface area contributed by atoms with E-state index in [0.29, 0.717) is 16.3 Å². The van der Waals surface area contributed by atoms with E-state index in [2.05, 4.69) is 20.7 Å². The number of anilines is 1. The van der Waals surface area contributed by atoms with Gasteiger partial charge in [0.15, 0.2) is 21.3 Å². The number of hydrogen-bond donors (Lipinski definition) is 3. The van der Waals surface area contributed by atoms with Crippen molar-refractivity contribution in [3.05, 3.63) is 69.6 Å². The van der Waals surface area contributed by atoms with Gasteiger partial charge in [-0.1, -0.05) is 11.6 Å². The molecule has 2 aromatic heterocycles. The van der Waals surface area contributed by atoms with Crippen molar-refractivity contribution in [2.75, 3.05) is 5.32 Å². The number of nitriles is 1. The molecule has 1 aliphatic heterocycles. The maximum atomic E-state index is 13.6. The summed E-state index contributed by atoms with van der Waals surface area (Å²) in [5.41, 5.74) is -1.48. The third kappa shape index (κ3) is 4.97. The van der Waals surface area contributed by atoms with Gasteiger partial charge in [-0.2, -0.15) is 23.5 Å². The summed E-state index contributed by atoms with van der Waals surface area (Å²) in [6.45, 7) is 7.58. The first-order chi connectivity index (χ1) is 18.8. The number of aliphatic hydroxyl groups is 1. The standard InChI is InChI=1S/C26H26ClF3N6O4S/c1-13-9-14(12-31)10-15(21(37)34-23-24(2,3)41(39,40)25(23,4)5)19(13)33-22(38)17-11-18(26(28,29)30)35-36(17)20-16(27)7-6-8-32-20/h6-11,21,23,34,37H,1-5H3,(H,33,38). The number of nitrogens with one attached hydrogen (secondary N) is 2. The molecule has 41 heavy (non-hydrogen) atoms. The maximum Gasteiger partial charge on any atom is 0.435 e. The molecule has 218 valence electrons. The zero-order chi connectivity index (χ0) is 30.7. The van der Waals surface area contributed by atoms with E-state index in [-0.39, 0.29) is 27.7 Å². The van der Waals surface area contributed by atoms with Crippen molar-refractivity contribution in [2.45, 2.75) is 62.6 Å². The molecule has 15 heteroatoms. The van der Waals surface area contributed by atoms with Gasteiger partial charge in [-0.05, 0) is 64.4 Å². The second-order valence-electron chi connectivity index (χ2n) is 10.7. The Hall–Kier alpha value is -3.51. The van der Waals surface area contributed by atoms with Crippen LogP contribution in [0.15, 0.2) is 36.5 Å². The minimum atomic E-state index is -4.89. The van der Waals surface area contributed by atoms with Crippen LogP contribution < -0.4 is 10.6 Å². The second-order valence-corrected chi connectivity index (χ2v) is 14.2. The third-order valence-electron chi connectivity index (χ3n) is 7.30. The van der Waals surface area contributed by atoms with Crippen LogP contribution in [0, 0.1) is 18.3 Å². The molecule has 4 rings (SSSR count). The summed E-state index contributed by atoms with van der Waals surface area (Å²) in [5, 5.41) is 29.6. The molecule has 1 saturated heterocycles. The molecule has 1 aromatic carbocycles. The summed E-state index contributed by atoms with van der Waals surface area (Å²) < 4.78 is 64.4. The van der Waals surface area contributed by atoms with E-state index < -0.39 is 55.1 Å². The van der Waals surface area contributed by atoms with Gasteiger partial charge in [-0.15, -0.1) is 0 Å². The SMILES string of the molecule is Cc1cc(C#N)cc(C(O)NC2C(C)(C)S(=O)(=O)C2(C)C)c1NC(=O)c1cc(C(F)(F)F)nn1-c1ncccc1Cl. The Kier molecular flexibility index (Phi) is 7.49. The fraction of sp³-hybridized carbons (Fsp3) is 0.385. The topological polar surface area (TPSA) is 150 Å². The van der Waals surface area contributed by atoms with Crippen LogP contribution in [-0.4, -0.2) is 49.7 Å². The van der Waals surface area contributed by atoms with Gasteiger partial charge in [0, 0.05) is 23.9 Å². The van der Waals surface area contributed by atoms with E-state index >= 15 is 0 Å². The number of amides is 1. The number of benzene rings is 1. The number of aromatic nitrogens is 3. The Bertz CT molecular complexity index is 1670. The van der Waals surface area contributed by atoms with Crippen LogP contribution in [0.4, 0.5) is 18.9 Å². The molecule has 0 spiro atoms. The fourth-order valence-electron chi connectivity index (χ4n) is 5.24. The normalized spacial score (nSPS) is 18.3. The van der Waals surface area contributed by atoms with E-state index in [0.717, 1.165) is 0 Å². The lowest BCUT2D eigenvalue weighted by atomic mass is 9.88. The average Bonchev–Trinajstić information content (AvgIpc) is 3.34. The van der Waals surface area contributed by atoms with Crippen LogP contribution in [0.3, 0.4) is 0 Å². The fourth-order valence-corrected chi connectivity index (χ4v) is 7.95. The number of aryl methyl sites for hydroxylation is 1. The van der Waals surface area contributed by atoms with E-state index in [1.807, 2.05) is 6.07 Å². The van der Waals surface area contributed by atoms with E-state index in [1.165, 1.54) is 65.1 Å². The molecule has 3 heterocycles. The van der Waals surface area contributed by atoms with Gasteiger partial charge in [-0.3, -0.25) is 10.1 Å². The van der Waals surface area contributed by atoms with Crippen LogP contribution in [0.1, 0.15) is 66.8 Å². The number of rotatable bonds is 6. The van der Waals surface area contributed by atoms with Gasteiger partial charge in [0.05, 0.1) is 31.8 Å². The third-order valence-corrected chi connectivity index (χ3v) is 10.8. The number of aliphatic hydroxyl groups excluding tert-OH is 1. The van der Waals surface area contributed by atoms with E-state index in [4.69, 9.17) is 11.6 Å². The zero-order valence-corrected chi connectivity index (χ0v) is 24.1. The van der Waals surface area contributed by atoms with Crippen LogP contribution in [0.5, 0.6) is 0 Å². The Labute approximate surface area is 239 Å². The van der Waals surface area contributed by atoms with Gasteiger partial charge in [0.25, 0.3) is 5.91 Å². The highest BCUT2D eigenvalue weighted by molar-refractivity contribution is 7.95. The van der Waals surface area contributed by atoms with Gasteiger partial charge in [0.2, 0.25) is 0 Å². The van der Waals surface area contributed by atoms with Crippen molar-refractivity contribution >= 4 is 33.0 Å². The lowest BCUT2D eigenvalue weighted by molar-refractivity contribution is -0.141. The molecule has 3 N–H and O–H groups in total. The van der Waals surface area contributed by atoms with Crippen molar-refractivity contribution in [3.63, 3.8) is 0 Å². The summed E-state index contributed by atoms with van der Waals surface area (Å²) in [7, 11) is -3.56. The Morgan fingerprint density at radius 3 is 2.41 bits per heavy atom. The lowest BCUT2D eigenvalue weighted by Crippen LogP contribution is -2.77. The van der Waals surface area contributed by atoms with Gasteiger partial charge in [-0.25, -0.2) is 18.1 Å². The molecule has 0 saturated carbocycles. The Morgan fingerprint density at radius 1 is 1.22 bits per heavy atom. The number of nitrogens with zero attached hydrogens (tertiary/aromatic N) is 4. The summed E-state index contributed by atoms with van der Waals surface area (Å²) in [4.78, 5) is 17.4. The monoisotopic (exact) mass is 610 g/mol. The van der Waals surface area contributed by atoms with Crippen molar-refractivity contribution in [1.29, 1.82) is 5.26 Å². The highest BCUT2D eigenvalue weighted by Crippen LogP contribution is 2.49. The van der Waals surface area contributed by atoms with Crippen LogP contribution in [0.2, 0.25) is 5.02 Å². The number of carbonyl (C=O) groups is 1. The maximum absolute atomic E-state index is 13.6. The summed E-state index contributed by atoms with van der Waals surface area (Å²) in [5.74, 6) is -1.26. The number of sulfone groups is 1. The van der Waals surface area contributed by atoms with E-state index in [9.17, 15) is 36.8 Å². The Balaban J connectivity index is 1.77. The summed E-state index contributed by atoms with van der Waals surface area (Å²) in [6, 6.07) is 7.30. The predicted molar refractivity (Wildman–Crippen MR) is 144 cm³/mol. The minimum absolute atomic E-state index is 0.000203. The van der Waals surface area contributed by atoms with Gasteiger partial charge >= 0.3 is 6.18 Å². The van der Waals surface area contributed by atoms with E-state index in [1.54, 1.807) is 0 Å². The molecule has 0 aliphatic carbocycles. The molecular formula is C26H26ClF3N6O4S. The molecule has 1 amide bonds. The molecular weight excluding hydrogens is 585 g/mol. The van der Waals surface area contributed by atoms with Crippen LogP contribution in [0.25, 0.3) is 5.82 Å². The smallest absolute Gasteiger partial charge is 0.374 e. The molecule has 1 atom stereocenters. The predicted octanol–water partition coefficient (Wildman–Crippen LogP) is 4.31. The van der Waals surface area contributed by atoms with Crippen molar-refractivity contribution in [2.24, 2.45) is 0 Å². The molecule has 1 unspecified atom stereocenters. The van der Waals surface area contributed by atoms with Gasteiger partial charge in [0.1, 0.15) is 11.9 Å². The molecule has 1 aliphatic rings. The quantitative estimate of drug-likeness (QED) is 0.350. The highest BCUT2D eigenvalue weighted by Gasteiger charge is 2.67. The zero-order valence-electron chi connectivity index (χ0n) is 22.5. The van der Waals surface area contributed by atoms with Gasteiger partial charge < -0.3 is 10.4 Å². The van der Waals surface area contributed by atoms with Crippen LogP contribution in [-0.2, 0) is 16.0 Å². The number of carbonyl (C=O) groups excluding carboxylic acids is 1. The molecule has 1 fully saturated rings. The number of hydrogen-bond acceptors (Lipinski definition) is 8. The number of halogens is 4. The van der Waals surface area contributed by atoms with Crippen LogP contribution >= 0.6 is 11.6 Å². The lowest BCUT2D eigenvalue weighted by Gasteiger charge is -2.56. The van der Waals surface area contributed by atoms with Crippen molar-refractivity contribution in [1.82, 2.24) is 20.1 Å². The number of alkyl halides is 3. The average molecular weight is 611 g/mol. The Morgan fingerprint density at radius 2 is 1.85 bits per heavy atom. The van der Waals surface area contributed by atoms with Crippen molar-refractivity contribution in [3.8, 4) is 11.9 Å². The highest BCUT2D eigenvalue weighted by atomic mass is 35.5. The largest absolute Gasteiger partial charge is 0.435 e. The first-order valence-electron chi connectivity index (χ1n) is 12.2. The first kappa shape index (κ1) is 30.4. The van der Waals surface area contributed by atoms with Crippen molar-refractivity contribution < 1.29 is 31.5 Å². The molecule has 0 bridgehead atoms. The molecule has 0 radical (unpaired) electrons. The summed E-state index contributed by atoms with van der Waals surface area (Å²) >= 11 is 6.13.